The molecule has 0 spiro atoms. The average molecular weight is 709 g/mol. The SMILES string of the molecule is O=C1C[C@H](O)C(=O)OC[C@H]2O[C@@H](OC3CC(O)CC4OC(C5CCC(O)CC5)CC(O[C@@H]5O[C@H](CO1)[C@@H](O)[C@H](O)[C@H]5O)C43)[C@H](O)[C@@H](O)[C@@H]2O. The molecule has 49 heavy (non-hydrogen) atoms. The summed E-state index contributed by atoms with van der Waals surface area (Å²) in [5, 5.41) is 95.7. The first-order chi connectivity index (χ1) is 23.3. The van der Waals surface area contributed by atoms with Gasteiger partial charge in [-0.05, 0) is 31.6 Å². The highest BCUT2D eigenvalue weighted by Crippen LogP contribution is 2.45. The number of hydrogen-bond acceptors (Lipinski definition) is 18. The van der Waals surface area contributed by atoms with Crippen molar-refractivity contribution in [3.8, 4) is 0 Å². The van der Waals surface area contributed by atoms with Gasteiger partial charge in [-0.25, -0.2) is 4.79 Å². The average Bonchev–Trinajstić information content (AvgIpc) is 3.06. The Kier molecular flexibility index (Phi) is 11.8. The molecule has 0 radical (unpaired) electrons. The van der Waals surface area contributed by atoms with E-state index < -0.39 is 142 Å². The fraction of sp³-hybridized carbons (Fsp3) is 0.935. The van der Waals surface area contributed by atoms with Crippen molar-refractivity contribution in [3.05, 3.63) is 0 Å². The third-order valence-electron chi connectivity index (χ3n) is 10.8. The summed E-state index contributed by atoms with van der Waals surface area (Å²) in [5.41, 5.74) is 0. The first-order valence-corrected chi connectivity index (χ1v) is 17.0. The number of esters is 2. The molecule has 0 aromatic carbocycles. The van der Waals surface area contributed by atoms with Crippen LogP contribution in [0.2, 0.25) is 0 Å². The monoisotopic (exact) mass is 708 g/mol. The summed E-state index contributed by atoms with van der Waals surface area (Å²) in [6, 6.07) is 0. The van der Waals surface area contributed by atoms with Crippen LogP contribution in [0.5, 0.6) is 0 Å². The lowest BCUT2D eigenvalue weighted by Gasteiger charge is -2.53. The lowest BCUT2D eigenvalue weighted by molar-refractivity contribution is -0.349. The number of ether oxygens (including phenoxy) is 7. The molecule has 0 aromatic rings. The highest BCUT2D eigenvalue weighted by atomic mass is 16.7. The maximum atomic E-state index is 12.5. The minimum Gasteiger partial charge on any atom is -0.463 e. The number of aliphatic hydroxyl groups excluding tert-OH is 9. The second-order valence-electron chi connectivity index (χ2n) is 14.1. The van der Waals surface area contributed by atoms with Crippen LogP contribution in [0.1, 0.15) is 51.4 Å². The van der Waals surface area contributed by atoms with Gasteiger partial charge in [-0.3, -0.25) is 4.79 Å². The van der Waals surface area contributed by atoms with Gasteiger partial charge in [-0.15, -0.1) is 0 Å². The van der Waals surface area contributed by atoms with Crippen LogP contribution in [0.15, 0.2) is 0 Å². The molecule has 9 N–H and O–H groups in total. The Bertz CT molecular complexity index is 1140. The maximum Gasteiger partial charge on any atom is 0.335 e. The van der Waals surface area contributed by atoms with Gasteiger partial charge in [0.25, 0.3) is 0 Å². The van der Waals surface area contributed by atoms with E-state index in [2.05, 4.69) is 0 Å². The van der Waals surface area contributed by atoms with Gasteiger partial charge in [0.2, 0.25) is 0 Å². The normalized spacial score (nSPS) is 52.0. The third-order valence-corrected chi connectivity index (χ3v) is 10.8. The van der Waals surface area contributed by atoms with E-state index in [-0.39, 0.29) is 25.2 Å². The van der Waals surface area contributed by atoms with Crippen LogP contribution in [0.3, 0.4) is 0 Å². The minimum atomic E-state index is -2.01. The van der Waals surface area contributed by atoms with Crippen LogP contribution < -0.4 is 0 Å². The summed E-state index contributed by atoms with van der Waals surface area (Å²) >= 11 is 0. The molecule has 4 heterocycles. The predicted octanol–water partition coefficient (Wildman–Crippen LogP) is -4.30. The smallest absolute Gasteiger partial charge is 0.335 e. The van der Waals surface area contributed by atoms with Crippen molar-refractivity contribution < 1.29 is 88.7 Å². The van der Waals surface area contributed by atoms with Crippen LogP contribution in [0.4, 0.5) is 0 Å². The van der Waals surface area contributed by atoms with Crippen LogP contribution in [-0.2, 0) is 42.7 Å². The van der Waals surface area contributed by atoms with E-state index in [1.165, 1.54) is 0 Å². The molecule has 4 aliphatic heterocycles. The van der Waals surface area contributed by atoms with Gasteiger partial charge < -0.3 is 79.1 Å². The second kappa shape index (κ2) is 15.5. The molecule has 18 nitrogen and oxygen atoms in total. The summed E-state index contributed by atoms with van der Waals surface area (Å²) < 4.78 is 40.9. The molecule has 6 fully saturated rings. The fourth-order valence-corrected chi connectivity index (χ4v) is 7.96. The zero-order valence-corrected chi connectivity index (χ0v) is 26.7. The highest BCUT2D eigenvalue weighted by Gasteiger charge is 2.55. The molecule has 2 saturated carbocycles. The molecule has 17 atom stereocenters. The number of carbonyl (C=O) groups excluding carboxylic acids is 2. The Labute approximate surface area is 281 Å². The molecule has 6 aliphatic rings. The van der Waals surface area contributed by atoms with Crippen molar-refractivity contribution in [2.24, 2.45) is 11.8 Å². The van der Waals surface area contributed by atoms with Crippen molar-refractivity contribution in [3.63, 3.8) is 0 Å². The number of cyclic esters (lactones) is 2. The van der Waals surface area contributed by atoms with Gasteiger partial charge in [0.05, 0.1) is 43.0 Å². The molecule has 0 aromatic heterocycles. The van der Waals surface area contributed by atoms with Gasteiger partial charge in [0.1, 0.15) is 62.0 Å². The number of hydrogen-bond donors (Lipinski definition) is 9. The minimum absolute atomic E-state index is 0.00423. The Morgan fingerprint density at radius 1 is 0.469 bits per heavy atom. The van der Waals surface area contributed by atoms with E-state index in [1.54, 1.807) is 0 Å². The van der Waals surface area contributed by atoms with Gasteiger partial charge >= 0.3 is 11.9 Å². The topological polar surface area (TPSA) is 281 Å². The van der Waals surface area contributed by atoms with Gasteiger partial charge in [-0.1, -0.05) is 0 Å². The van der Waals surface area contributed by atoms with Crippen LogP contribution in [-0.4, -0.2) is 175 Å². The van der Waals surface area contributed by atoms with Gasteiger partial charge in [0, 0.05) is 25.2 Å². The van der Waals surface area contributed by atoms with Crippen LogP contribution >= 0.6 is 0 Å². The van der Waals surface area contributed by atoms with E-state index in [4.69, 9.17) is 33.2 Å². The Morgan fingerprint density at radius 2 is 0.959 bits per heavy atom. The Balaban J connectivity index is 1.32. The van der Waals surface area contributed by atoms with Gasteiger partial charge in [-0.2, -0.15) is 0 Å². The summed E-state index contributed by atoms with van der Waals surface area (Å²) in [6.45, 7) is -1.35. The second-order valence-corrected chi connectivity index (χ2v) is 14.1. The molecule has 6 unspecified atom stereocenters. The van der Waals surface area contributed by atoms with Crippen molar-refractivity contribution in [2.45, 2.75) is 156 Å². The maximum absolute atomic E-state index is 12.5. The molecular weight excluding hydrogens is 660 g/mol. The summed E-state index contributed by atoms with van der Waals surface area (Å²) in [6.07, 6.45) is -20.9. The fourth-order valence-electron chi connectivity index (χ4n) is 7.96. The molecule has 4 bridgehead atoms. The van der Waals surface area contributed by atoms with E-state index in [9.17, 15) is 55.5 Å². The molecule has 280 valence electrons. The van der Waals surface area contributed by atoms with E-state index in [0.717, 1.165) is 0 Å². The third kappa shape index (κ3) is 8.07. The Hall–Kier alpha value is -1.62. The number of carbonyl (C=O) groups is 2. The van der Waals surface area contributed by atoms with Crippen LogP contribution in [0.25, 0.3) is 0 Å². The lowest BCUT2D eigenvalue weighted by Crippen LogP contribution is -2.64. The quantitative estimate of drug-likeness (QED) is 0.117. The predicted molar refractivity (Wildman–Crippen MR) is 156 cm³/mol. The van der Waals surface area contributed by atoms with E-state index in [1.807, 2.05) is 0 Å². The van der Waals surface area contributed by atoms with Crippen molar-refractivity contribution in [2.75, 3.05) is 13.2 Å². The molecule has 18 heteroatoms. The zero-order chi connectivity index (χ0) is 35.1. The largest absolute Gasteiger partial charge is 0.463 e. The summed E-state index contributed by atoms with van der Waals surface area (Å²) in [7, 11) is 0. The molecule has 4 saturated heterocycles. The first kappa shape index (κ1) is 37.1. The van der Waals surface area contributed by atoms with E-state index in [0.29, 0.717) is 25.7 Å². The summed E-state index contributed by atoms with van der Waals surface area (Å²) in [5.74, 6) is -3.06. The Morgan fingerprint density at radius 3 is 1.53 bits per heavy atom. The zero-order valence-electron chi connectivity index (χ0n) is 26.7. The standard InChI is InChI=1S/C31H48O18/c32-12-3-1-11(2-4-12)15-8-18-22-16(45-15)5-13(33)6-17(22)46-30-27(40)26(39)24(37)20(49-30)10-44-29(42)14(34)7-21(35)43-9-19-23(36)25(38)28(41)31(47-18)48-19/h11-20,22-28,30-34,36-41H,1-10H2/t11?,12?,13?,14-,15?,16?,17?,18?,19+,20+,22?,23+,24+,25-,26-,27+,28+,30+,31+/m0/s1. The molecule has 2 aliphatic carbocycles. The van der Waals surface area contributed by atoms with Crippen molar-refractivity contribution in [1.29, 1.82) is 0 Å². The first-order valence-electron chi connectivity index (χ1n) is 17.0. The molecular formula is C31H48O18. The lowest BCUT2D eigenvalue weighted by atomic mass is 9.72. The van der Waals surface area contributed by atoms with E-state index >= 15 is 0 Å². The molecule has 0 amide bonds. The number of aliphatic hydroxyl groups is 9. The van der Waals surface area contributed by atoms with Crippen molar-refractivity contribution in [1.82, 2.24) is 0 Å². The van der Waals surface area contributed by atoms with Gasteiger partial charge in [0.15, 0.2) is 18.7 Å². The van der Waals surface area contributed by atoms with Crippen LogP contribution in [0, 0.1) is 11.8 Å². The number of fused-ring (bicyclic) bond motifs is 4. The summed E-state index contributed by atoms with van der Waals surface area (Å²) in [4.78, 5) is 24.9. The number of rotatable bonds is 1. The highest BCUT2D eigenvalue weighted by molar-refractivity contribution is 5.81. The van der Waals surface area contributed by atoms with Crippen molar-refractivity contribution >= 4 is 11.9 Å². The molecule has 6 rings (SSSR count).